The van der Waals surface area contributed by atoms with E-state index < -0.39 is 0 Å². The minimum atomic E-state index is -0.375. The second kappa shape index (κ2) is 7.57. The average molecular weight is 350 g/mol. The van der Waals surface area contributed by atoms with Crippen LogP contribution in [0, 0.1) is 0 Å². The zero-order valence-corrected chi connectivity index (χ0v) is 14.4. The lowest BCUT2D eigenvalue weighted by Crippen LogP contribution is -2.46. The van der Waals surface area contributed by atoms with Crippen LogP contribution in [0.15, 0.2) is 58.1 Å². The third kappa shape index (κ3) is 3.92. The number of hydrogen-bond acceptors (Lipinski definition) is 4. The quantitative estimate of drug-likeness (QED) is 0.727. The lowest BCUT2D eigenvalue weighted by molar-refractivity contribution is 0.414. The normalized spacial score (nSPS) is 12.2. The molecule has 2 N–H and O–H groups in total. The molecule has 132 valence electrons. The van der Waals surface area contributed by atoms with Crippen LogP contribution in [0.3, 0.4) is 0 Å². The summed E-state index contributed by atoms with van der Waals surface area (Å²) in [6.07, 6.45) is 3.22. The van der Waals surface area contributed by atoms with Gasteiger partial charge in [0, 0.05) is 0 Å². The van der Waals surface area contributed by atoms with Gasteiger partial charge in [-0.1, -0.05) is 24.3 Å². The van der Waals surface area contributed by atoms with Crippen molar-refractivity contribution in [1.29, 1.82) is 0 Å². The van der Waals surface area contributed by atoms with E-state index in [0.29, 0.717) is 11.5 Å². The van der Waals surface area contributed by atoms with Gasteiger partial charge in [0.15, 0.2) is 0 Å². The molecule has 0 radical (unpaired) electrons. The minimum absolute atomic E-state index is 0.187. The molecule has 6 heteroatoms. The Hall–Kier alpha value is -3.54. The second-order valence-corrected chi connectivity index (χ2v) is 5.57. The van der Waals surface area contributed by atoms with Crippen LogP contribution in [0.4, 0.5) is 0 Å². The molecule has 0 unspecified atom stereocenters. The summed E-state index contributed by atoms with van der Waals surface area (Å²) in [4.78, 5) is 29.8. The van der Waals surface area contributed by atoms with Crippen LogP contribution in [0.25, 0.3) is 12.2 Å². The molecule has 0 fully saturated rings. The van der Waals surface area contributed by atoms with E-state index >= 15 is 0 Å². The van der Waals surface area contributed by atoms with Gasteiger partial charge < -0.3 is 19.4 Å². The van der Waals surface area contributed by atoms with Gasteiger partial charge in [-0.3, -0.25) is 9.59 Å². The van der Waals surface area contributed by atoms with Gasteiger partial charge in [-0.25, -0.2) is 0 Å². The molecule has 1 heterocycles. The second-order valence-electron chi connectivity index (χ2n) is 5.57. The number of benzene rings is 2. The fourth-order valence-corrected chi connectivity index (χ4v) is 2.43. The molecule has 26 heavy (non-hydrogen) atoms. The van der Waals surface area contributed by atoms with E-state index in [9.17, 15) is 9.59 Å². The smallest absolute Gasteiger partial charge is 0.272 e. The molecule has 0 bridgehead atoms. The van der Waals surface area contributed by atoms with Crippen LogP contribution in [-0.2, 0) is 0 Å². The topological polar surface area (TPSA) is 84.2 Å². The summed E-state index contributed by atoms with van der Waals surface area (Å²) in [6.45, 7) is 0. The fourth-order valence-electron chi connectivity index (χ4n) is 2.43. The molecular formula is C20H18N2O4. The number of rotatable bonds is 4. The van der Waals surface area contributed by atoms with Crippen molar-refractivity contribution in [3.63, 3.8) is 0 Å². The molecule has 0 amide bonds. The summed E-state index contributed by atoms with van der Waals surface area (Å²) in [6, 6.07) is 14.3. The Morgan fingerprint density at radius 1 is 0.654 bits per heavy atom. The highest BCUT2D eigenvalue weighted by Gasteiger charge is 1.98. The third-order valence-corrected chi connectivity index (χ3v) is 3.84. The van der Waals surface area contributed by atoms with Gasteiger partial charge in [-0.05, 0) is 47.5 Å². The third-order valence-electron chi connectivity index (χ3n) is 3.84. The van der Waals surface area contributed by atoms with Crippen molar-refractivity contribution in [3.05, 3.63) is 91.1 Å². The molecule has 0 saturated heterocycles. The summed E-state index contributed by atoms with van der Waals surface area (Å²) in [5, 5.41) is 0.374. The van der Waals surface area contributed by atoms with E-state index in [4.69, 9.17) is 9.47 Å². The van der Waals surface area contributed by atoms with Crippen LogP contribution in [0.1, 0.15) is 11.1 Å². The Bertz CT molecular complexity index is 1030. The first-order valence-electron chi connectivity index (χ1n) is 7.93. The molecule has 0 spiro atoms. The van der Waals surface area contributed by atoms with Gasteiger partial charge in [-0.2, -0.15) is 0 Å². The Kier molecular flexibility index (Phi) is 5.03. The Morgan fingerprint density at radius 2 is 1.00 bits per heavy atom. The molecule has 0 aliphatic carbocycles. The van der Waals surface area contributed by atoms with Gasteiger partial charge in [0.1, 0.15) is 22.2 Å². The standard InChI is InChI=1S/C20H18N2O4/c1-25-15-7-3-13(4-8-15)11-17-19(23)22-18(20(24)21-17)12-14-5-9-16(26-2)10-6-14/h3-12H,1-2H3,(H,21,24)(H,22,23)/b17-11-,18-12-. The van der Waals surface area contributed by atoms with Crippen LogP contribution >= 0.6 is 0 Å². The first kappa shape index (κ1) is 17.3. The maximum Gasteiger partial charge on any atom is 0.272 e. The monoisotopic (exact) mass is 350 g/mol. The van der Waals surface area contributed by atoms with Crippen LogP contribution in [0.5, 0.6) is 11.5 Å². The van der Waals surface area contributed by atoms with Gasteiger partial charge >= 0.3 is 0 Å². The Morgan fingerprint density at radius 3 is 1.31 bits per heavy atom. The van der Waals surface area contributed by atoms with E-state index in [-0.39, 0.29) is 21.8 Å². The van der Waals surface area contributed by atoms with Crippen molar-refractivity contribution in [2.45, 2.75) is 0 Å². The maximum atomic E-state index is 12.3. The number of methoxy groups -OCH3 is 2. The van der Waals surface area contributed by atoms with Crippen LogP contribution < -0.4 is 31.3 Å². The van der Waals surface area contributed by atoms with Crippen molar-refractivity contribution in [3.8, 4) is 11.5 Å². The molecule has 3 rings (SSSR count). The minimum Gasteiger partial charge on any atom is -0.497 e. The lowest BCUT2D eigenvalue weighted by atomic mass is 10.2. The summed E-state index contributed by atoms with van der Waals surface area (Å²) in [5.41, 5.74) is 0.804. The molecule has 0 aliphatic rings. The highest BCUT2D eigenvalue weighted by atomic mass is 16.5. The number of hydrogen-bond donors (Lipinski definition) is 2. The number of aromatic nitrogens is 2. The SMILES string of the molecule is COc1ccc(/C=c2\[nH]c(=O)/c(=C/c3ccc(OC)cc3)[nH]c2=O)cc1. The molecule has 0 aliphatic heterocycles. The largest absolute Gasteiger partial charge is 0.497 e. The molecule has 2 aromatic carbocycles. The fraction of sp³-hybridized carbons (Fsp3) is 0.100. The highest BCUT2D eigenvalue weighted by molar-refractivity contribution is 5.51. The summed E-state index contributed by atoms with van der Waals surface area (Å²) in [5.74, 6) is 1.43. The summed E-state index contributed by atoms with van der Waals surface area (Å²) < 4.78 is 10.2. The van der Waals surface area contributed by atoms with Crippen LogP contribution in [-0.4, -0.2) is 24.2 Å². The lowest BCUT2D eigenvalue weighted by Gasteiger charge is -1.99. The van der Waals surface area contributed by atoms with E-state index in [1.54, 1.807) is 74.9 Å². The number of nitrogens with one attached hydrogen (secondary N) is 2. The Balaban J connectivity index is 2.02. The molecule has 0 saturated carbocycles. The zero-order chi connectivity index (χ0) is 18.5. The first-order valence-corrected chi connectivity index (χ1v) is 7.93. The zero-order valence-electron chi connectivity index (χ0n) is 14.4. The van der Waals surface area contributed by atoms with E-state index in [1.165, 1.54) is 0 Å². The van der Waals surface area contributed by atoms with Crippen molar-refractivity contribution >= 4 is 12.2 Å². The van der Waals surface area contributed by atoms with Gasteiger partial charge in [0.25, 0.3) is 11.1 Å². The predicted octanol–water partition coefficient (Wildman–Crippen LogP) is 0.738. The van der Waals surface area contributed by atoms with Gasteiger partial charge in [0.2, 0.25) is 0 Å². The maximum absolute atomic E-state index is 12.3. The molecular weight excluding hydrogens is 332 g/mol. The van der Waals surface area contributed by atoms with Crippen LogP contribution in [0.2, 0.25) is 0 Å². The molecule has 3 aromatic rings. The Labute approximate surface area is 149 Å². The number of H-pyrrole nitrogens is 2. The predicted molar refractivity (Wildman–Crippen MR) is 100 cm³/mol. The van der Waals surface area contributed by atoms with Crippen molar-refractivity contribution < 1.29 is 9.47 Å². The molecule has 6 nitrogen and oxygen atoms in total. The molecule has 1 aromatic heterocycles. The van der Waals surface area contributed by atoms with E-state index in [2.05, 4.69) is 9.97 Å². The number of aromatic amines is 2. The average Bonchev–Trinajstić information content (AvgIpc) is 2.67. The first-order chi connectivity index (χ1) is 12.6. The van der Waals surface area contributed by atoms with Crippen molar-refractivity contribution in [2.24, 2.45) is 0 Å². The van der Waals surface area contributed by atoms with E-state index in [0.717, 1.165) is 11.1 Å². The van der Waals surface area contributed by atoms with Gasteiger partial charge in [-0.15, -0.1) is 0 Å². The number of ether oxygens (including phenoxy) is 2. The highest BCUT2D eigenvalue weighted by Crippen LogP contribution is 2.11. The summed E-state index contributed by atoms with van der Waals surface area (Å²) >= 11 is 0. The van der Waals surface area contributed by atoms with Crippen molar-refractivity contribution in [1.82, 2.24) is 9.97 Å². The van der Waals surface area contributed by atoms with Gasteiger partial charge in [0.05, 0.1) is 14.2 Å². The summed E-state index contributed by atoms with van der Waals surface area (Å²) in [7, 11) is 3.16. The van der Waals surface area contributed by atoms with Crippen molar-refractivity contribution in [2.75, 3.05) is 14.2 Å². The molecule has 0 atom stereocenters. The van der Waals surface area contributed by atoms with E-state index in [1.807, 2.05) is 0 Å².